The molecule has 7 heteroatoms. The molecule has 0 aliphatic rings. The van der Waals surface area contributed by atoms with Gasteiger partial charge in [-0.25, -0.2) is 9.78 Å². The second-order valence-corrected chi connectivity index (χ2v) is 6.22. The Hall–Kier alpha value is -2.41. The number of carbonyl (C=O) groups excluding carboxylic acids is 2. The van der Waals surface area contributed by atoms with Gasteiger partial charge in [0.2, 0.25) is 5.91 Å². The molecule has 2 aromatic rings. The van der Waals surface area contributed by atoms with Crippen molar-refractivity contribution < 1.29 is 19.1 Å². The van der Waals surface area contributed by atoms with E-state index in [-0.39, 0.29) is 11.9 Å². The predicted octanol–water partition coefficient (Wildman–Crippen LogP) is 2.75. The van der Waals surface area contributed by atoms with E-state index in [0.717, 1.165) is 11.3 Å². The molecule has 0 saturated carbocycles. The van der Waals surface area contributed by atoms with E-state index in [4.69, 9.17) is 4.74 Å². The molecule has 0 spiro atoms. The number of benzene rings is 1. The van der Waals surface area contributed by atoms with Crippen LogP contribution >= 0.6 is 11.3 Å². The number of aryl methyl sites for hydroxylation is 1. The van der Waals surface area contributed by atoms with Crippen molar-refractivity contribution in [2.24, 2.45) is 0 Å². The van der Waals surface area contributed by atoms with E-state index < -0.39 is 5.97 Å². The average molecular weight is 348 g/mol. The van der Waals surface area contributed by atoms with Gasteiger partial charge in [-0.3, -0.25) is 4.79 Å². The second-order valence-electron chi connectivity index (χ2n) is 5.16. The number of thiazole rings is 1. The van der Waals surface area contributed by atoms with Gasteiger partial charge in [-0.05, 0) is 25.0 Å². The van der Waals surface area contributed by atoms with E-state index in [0.29, 0.717) is 22.7 Å². The first-order valence-electron chi connectivity index (χ1n) is 7.50. The van der Waals surface area contributed by atoms with Crippen LogP contribution in [0.5, 0.6) is 5.75 Å². The number of methoxy groups -OCH3 is 2. The van der Waals surface area contributed by atoms with Gasteiger partial charge in [0.25, 0.3) is 0 Å². The minimum absolute atomic E-state index is 0.0803. The summed E-state index contributed by atoms with van der Waals surface area (Å²) in [6, 6.07) is 7.37. The molecule has 6 nitrogen and oxygen atoms in total. The minimum atomic E-state index is -0.423. The highest BCUT2D eigenvalue weighted by atomic mass is 32.1. The molecule has 1 atom stereocenters. The summed E-state index contributed by atoms with van der Waals surface area (Å²) in [5.74, 6) is 0.276. The van der Waals surface area contributed by atoms with Crippen LogP contribution in [0, 0.1) is 0 Å². The number of ether oxygens (including phenoxy) is 2. The molecule has 1 N–H and O–H groups in total. The normalized spacial score (nSPS) is 11.6. The largest absolute Gasteiger partial charge is 0.496 e. The van der Waals surface area contributed by atoms with Crippen LogP contribution in [0.3, 0.4) is 0 Å². The lowest BCUT2D eigenvalue weighted by molar-refractivity contribution is -0.121. The summed E-state index contributed by atoms with van der Waals surface area (Å²) in [6.45, 7) is 1.83. The van der Waals surface area contributed by atoms with Crippen molar-refractivity contribution in [3.05, 3.63) is 45.9 Å². The van der Waals surface area contributed by atoms with Crippen molar-refractivity contribution in [2.45, 2.75) is 25.8 Å². The smallest absolute Gasteiger partial charge is 0.349 e. The molecule has 24 heavy (non-hydrogen) atoms. The Kier molecular flexibility index (Phi) is 6.31. The SMILES string of the molecule is COC(=O)c1cnc(C(C)NC(=O)CCc2ccccc2OC)s1. The minimum Gasteiger partial charge on any atom is -0.496 e. The molecule has 0 saturated heterocycles. The number of carbonyl (C=O) groups is 2. The topological polar surface area (TPSA) is 77.5 Å². The van der Waals surface area contributed by atoms with Gasteiger partial charge in [0, 0.05) is 6.42 Å². The van der Waals surface area contributed by atoms with E-state index in [9.17, 15) is 9.59 Å². The number of nitrogens with one attached hydrogen (secondary N) is 1. The fourth-order valence-electron chi connectivity index (χ4n) is 2.22. The monoisotopic (exact) mass is 348 g/mol. The van der Waals surface area contributed by atoms with Crippen LogP contribution in [0.15, 0.2) is 30.5 Å². The summed E-state index contributed by atoms with van der Waals surface area (Å²) in [5, 5.41) is 3.56. The molecule has 1 unspecified atom stereocenters. The maximum atomic E-state index is 12.1. The molecular weight excluding hydrogens is 328 g/mol. The molecule has 1 aromatic heterocycles. The van der Waals surface area contributed by atoms with Crippen LogP contribution in [0.2, 0.25) is 0 Å². The zero-order chi connectivity index (χ0) is 17.5. The fourth-order valence-corrected chi connectivity index (χ4v) is 3.05. The van der Waals surface area contributed by atoms with Crippen LogP contribution in [0.4, 0.5) is 0 Å². The van der Waals surface area contributed by atoms with E-state index >= 15 is 0 Å². The van der Waals surface area contributed by atoms with Gasteiger partial charge in [-0.1, -0.05) is 18.2 Å². The molecule has 1 amide bonds. The van der Waals surface area contributed by atoms with Gasteiger partial charge in [0.1, 0.15) is 15.6 Å². The first kappa shape index (κ1) is 17.9. The number of para-hydroxylation sites is 1. The van der Waals surface area contributed by atoms with Gasteiger partial charge >= 0.3 is 5.97 Å². The summed E-state index contributed by atoms with van der Waals surface area (Å²) >= 11 is 1.22. The summed E-state index contributed by atoms with van der Waals surface area (Å²) in [6.07, 6.45) is 2.40. The van der Waals surface area contributed by atoms with Crippen molar-refractivity contribution in [1.82, 2.24) is 10.3 Å². The number of hydrogen-bond acceptors (Lipinski definition) is 6. The van der Waals surface area contributed by atoms with Crippen molar-refractivity contribution in [2.75, 3.05) is 14.2 Å². The molecule has 1 heterocycles. The quantitative estimate of drug-likeness (QED) is 0.779. The molecule has 1 aromatic carbocycles. The zero-order valence-corrected chi connectivity index (χ0v) is 14.7. The lowest BCUT2D eigenvalue weighted by Crippen LogP contribution is -2.26. The Labute approximate surface area is 144 Å². The van der Waals surface area contributed by atoms with Crippen LogP contribution in [0.25, 0.3) is 0 Å². The number of nitrogens with zero attached hydrogens (tertiary/aromatic N) is 1. The summed E-state index contributed by atoms with van der Waals surface area (Å²) in [4.78, 5) is 28.2. The van der Waals surface area contributed by atoms with Gasteiger partial charge < -0.3 is 14.8 Å². The third-order valence-electron chi connectivity index (χ3n) is 3.47. The Morgan fingerprint density at radius 1 is 1.29 bits per heavy atom. The van der Waals surface area contributed by atoms with Crippen molar-refractivity contribution in [3.8, 4) is 5.75 Å². The van der Waals surface area contributed by atoms with Crippen molar-refractivity contribution in [3.63, 3.8) is 0 Å². The van der Waals surface area contributed by atoms with E-state index in [1.54, 1.807) is 7.11 Å². The average Bonchev–Trinajstić information content (AvgIpc) is 3.09. The molecule has 0 aliphatic heterocycles. The molecule has 0 bridgehead atoms. The highest BCUT2D eigenvalue weighted by Gasteiger charge is 2.17. The Balaban J connectivity index is 1.89. The van der Waals surface area contributed by atoms with Gasteiger partial charge in [-0.15, -0.1) is 11.3 Å². The summed E-state index contributed by atoms with van der Waals surface area (Å²) < 4.78 is 9.93. The molecule has 0 fully saturated rings. The van der Waals surface area contributed by atoms with Gasteiger partial charge in [0.05, 0.1) is 26.5 Å². The highest BCUT2D eigenvalue weighted by molar-refractivity contribution is 7.13. The molecule has 2 rings (SSSR count). The Morgan fingerprint density at radius 3 is 2.75 bits per heavy atom. The number of amides is 1. The molecular formula is C17H20N2O4S. The highest BCUT2D eigenvalue weighted by Crippen LogP contribution is 2.21. The number of aromatic nitrogens is 1. The maximum Gasteiger partial charge on any atom is 0.349 e. The van der Waals surface area contributed by atoms with E-state index in [1.165, 1.54) is 24.6 Å². The fraction of sp³-hybridized carbons (Fsp3) is 0.353. The summed E-state index contributed by atoms with van der Waals surface area (Å²) in [5.41, 5.74) is 0.991. The third-order valence-corrected chi connectivity index (χ3v) is 4.63. The zero-order valence-electron chi connectivity index (χ0n) is 13.9. The van der Waals surface area contributed by atoms with Crippen LogP contribution in [-0.4, -0.2) is 31.1 Å². The van der Waals surface area contributed by atoms with Gasteiger partial charge in [0.15, 0.2) is 0 Å². The molecule has 0 radical (unpaired) electrons. The third kappa shape index (κ3) is 4.55. The standard InChI is InChI=1S/C17H20N2O4S/c1-11(16-18-10-14(24-16)17(21)23-3)19-15(20)9-8-12-6-4-5-7-13(12)22-2/h4-7,10-11H,8-9H2,1-3H3,(H,19,20). The van der Waals surface area contributed by atoms with Crippen LogP contribution < -0.4 is 10.1 Å². The first-order chi connectivity index (χ1) is 11.5. The number of rotatable bonds is 7. The lowest BCUT2D eigenvalue weighted by atomic mass is 10.1. The molecule has 128 valence electrons. The predicted molar refractivity (Wildman–Crippen MR) is 91.3 cm³/mol. The lowest BCUT2D eigenvalue weighted by Gasteiger charge is -2.12. The van der Waals surface area contributed by atoms with Crippen LogP contribution in [-0.2, 0) is 16.0 Å². The molecule has 0 aliphatic carbocycles. The van der Waals surface area contributed by atoms with Crippen LogP contribution in [0.1, 0.15) is 39.6 Å². The van der Waals surface area contributed by atoms with E-state index in [2.05, 4.69) is 15.0 Å². The Morgan fingerprint density at radius 2 is 2.04 bits per heavy atom. The van der Waals surface area contributed by atoms with Crippen molar-refractivity contribution >= 4 is 23.2 Å². The first-order valence-corrected chi connectivity index (χ1v) is 8.32. The van der Waals surface area contributed by atoms with Gasteiger partial charge in [-0.2, -0.15) is 0 Å². The number of esters is 1. The second kappa shape index (κ2) is 8.44. The van der Waals surface area contributed by atoms with Crippen molar-refractivity contribution in [1.29, 1.82) is 0 Å². The summed E-state index contributed by atoms with van der Waals surface area (Å²) in [7, 11) is 2.94. The van der Waals surface area contributed by atoms with E-state index in [1.807, 2.05) is 31.2 Å². The maximum absolute atomic E-state index is 12.1. The Bertz CT molecular complexity index is 714. The number of hydrogen-bond donors (Lipinski definition) is 1.